The summed E-state index contributed by atoms with van der Waals surface area (Å²) >= 11 is 1.94. The van der Waals surface area contributed by atoms with E-state index in [1.165, 1.54) is 10.5 Å². The van der Waals surface area contributed by atoms with E-state index in [0.29, 0.717) is 5.25 Å². The predicted octanol–water partition coefficient (Wildman–Crippen LogP) is 3.02. The highest BCUT2D eigenvalue weighted by atomic mass is 32.2. The number of nitrogens with zero attached hydrogens (tertiary/aromatic N) is 1. The third kappa shape index (κ3) is 2.15. The minimum absolute atomic E-state index is 0.583. The average Bonchev–Trinajstić information content (AvgIpc) is 2.94. The van der Waals surface area contributed by atoms with E-state index in [-0.39, 0.29) is 0 Å². The lowest BCUT2D eigenvalue weighted by molar-refractivity contribution is 0.112. The molecule has 0 fully saturated rings. The molecule has 0 radical (unpaired) electrons. The van der Waals surface area contributed by atoms with E-state index in [1.54, 1.807) is 0 Å². The zero-order chi connectivity index (χ0) is 11.7. The zero-order valence-corrected chi connectivity index (χ0v) is 10.2. The van der Waals surface area contributed by atoms with Crippen molar-refractivity contribution in [1.82, 2.24) is 4.57 Å². The number of benzene rings is 1. The SMILES string of the molecule is O=Cc1ccn(CC2Cc3ccccc3S2)c1. The molecule has 0 N–H and O–H groups in total. The summed E-state index contributed by atoms with van der Waals surface area (Å²) in [5.74, 6) is 0. The number of hydrogen-bond acceptors (Lipinski definition) is 2. The quantitative estimate of drug-likeness (QED) is 0.773. The molecular formula is C14H13NOS. The third-order valence-corrected chi connectivity index (χ3v) is 4.34. The number of hydrogen-bond donors (Lipinski definition) is 0. The fourth-order valence-corrected chi connectivity index (χ4v) is 3.56. The predicted molar refractivity (Wildman–Crippen MR) is 69.6 cm³/mol. The van der Waals surface area contributed by atoms with Crippen LogP contribution in [0.3, 0.4) is 0 Å². The average molecular weight is 243 g/mol. The van der Waals surface area contributed by atoms with Gasteiger partial charge in [-0.15, -0.1) is 11.8 Å². The van der Waals surface area contributed by atoms with Crippen molar-refractivity contribution in [2.24, 2.45) is 0 Å². The zero-order valence-electron chi connectivity index (χ0n) is 9.37. The van der Waals surface area contributed by atoms with Gasteiger partial charge in [-0.25, -0.2) is 0 Å². The molecule has 17 heavy (non-hydrogen) atoms. The van der Waals surface area contributed by atoms with Gasteiger partial charge in [-0.05, 0) is 24.1 Å². The Kier molecular flexibility index (Phi) is 2.77. The normalized spacial score (nSPS) is 18.0. The molecule has 3 rings (SSSR count). The molecule has 0 saturated carbocycles. The Morgan fingerprint density at radius 2 is 2.24 bits per heavy atom. The molecule has 1 aromatic carbocycles. The van der Waals surface area contributed by atoms with Gasteiger partial charge in [0.25, 0.3) is 0 Å². The second-order valence-electron chi connectivity index (χ2n) is 4.31. The number of rotatable bonds is 3. The summed E-state index contributed by atoms with van der Waals surface area (Å²) in [6.07, 6.45) is 5.91. The van der Waals surface area contributed by atoms with Crippen LogP contribution >= 0.6 is 11.8 Å². The molecule has 1 aromatic heterocycles. The maximum Gasteiger partial charge on any atom is 0.151 e. The summed E-state index contributed by atoms with van der Waals surface area (Å²) in [7, 11) is 0. The first-order chi connectivity index (χ1) is 8.35. The molecule has 0 amide bonds. The van der Waals surface area contributed by atoms with Crippen LogP contribution in [0, 0.1) is 0 Å². The van der Waals surface area contributed by atoms with Gasteiger partial charge in [-0.2, -0.15) is 0 Å². The summed E-state index contributed by atoms with van der Waals surface area (Å²) in [6, 6.07) is 10.4. The monoisotopic (exact) mass is 243 g/mol. The van der Waals surface area contributed by atoms with Crippen LogP contribution in [0.15, 0.2) is 47.6 Å². The molecule has 86 valence electrons. The minimum Gasteiger partial charge on any atom is -0.352 e. The van der Waals surface area contributed by atoms with Crippen molar-refractivity contribution in [1.29, 1.82) is 0 Å². The van der Waals surface area contributed by atoms with Crippen LogP contribution in [0.1, 0.15) is 15.9 Å². The number of fused-ring (bicyclic) bond motifs is 1. The lowest BCUT2D eigenvalue weighted by atomic mass is 10.1. The molecule has 1 aliphatic heterocycles. The van der Waals surface area contributed by atoms with Crippen molar-refractivity contribution in [2.45, 2.75) is 23.1 Å². The van der Waals surface area contributed by atoms with Gasteiger partial charge in [0.15, 0.2) is 6.29 Å². The van der Waals surface area contributed by atoms with E-state index < -0.39 is 0 Å². The summed E-state index contributed by atoms with van der Waals surface area (Å²) < 4.78 is 2.10. The molecule has 2 heterocycles. The Morgan fingerprint density at radius 1 is 1.35 bits per heavy atom. The molecule has 3 heteroatoms. The van der Waals surface area contributed by atoms with Crippen LogP contribution in [-0.4, -0.2) is 16.1 Å². The lowest BCUT2D eigenvalue weighted by Crippen LogP contribution is -2.10. The Morgan fingerprint density at radius 3 is 3.00 bits per heavy atom. The van der Waals surface area contributed by atoms with Gasteiger partial charge < -0.3 is 4.57 Å². The van der Waals surface area contributed by atoms with E-state index in [2.05, 4.69) is 28.8 Å². The van der Waals surface area contributed by atoms with Gasteiger partial charge >= 0.3 is 0 Å². The van der Waals surface area contributed by atoms with Crippen molar-refractivity contribution < 1.29 is 4.79 Å². The highest BCUT2D eigenvalue weighted by molar-refractivity contribution is 8.00. The number of carbonyl (C=O) groups is 1. The summed E-state index contributed by atoms with van der Waals surface area (Å²) in [6.45, 7) is 0.965. The lowest BCUT2D eigenvalue weighted by Gasteiger charge is -2.09. The van der Waals surface area contributed by atoms with E-state index in [9.17, 15) is 4.79 Å². The Hall–Kier alpha value is -1.48. The fourth-order valence-electron chi connectivity index (χ4n) is 2.23. The fraction of sp³-hybridized carbons (Fsp3) is 0.214. The maximum absolute atomic E-state index is 10.6. The van der Waals surface area contributed by atoms with Gasteiger partial charge in [-0.3, -0.25) is 4.79 Å². The van der Waals surface area contributed by atoms with E-state index in [0.717, 1.165) is 24.8 Å². The van der Waals surface area contributed by atoms with Gasteiger partial charge in [0.05, 0.1) is 0 Å². The molecule has 2 aromatic rings. The first-order valence-electron chi connectivity index (χ1n) is 5.70. The van der Waals surface area contributed by atoms with Crippen LogP contribution in [0.25, 0.3) is 0 Å². The van der Waals surface area contributed by atoms with Gasteiger partial charge in [-0.1, -0.05) is 18.2 Å². The smallest absolute Gasteiger partial charge is 0.151 e. The van der Waals surface area contributed by atoms with E-state index in [4.69, 9.17) is 0 Å². The van der Waals surface area contributed by atoms with Crippen molar-refractivity contribution in [2.75, 3.05) is 0 Å². The van der Waals surface area contributed by atoms with Crippen molar-refractivity contribution in [3.8, 4) is 0 Å². The molecule has 2 nitrogen and oxygen atoms in total. The second-order valence-corrected chi connectivity index (χ2v) is 5.65. The van der Waals surface area contributed by atoms with Crippen LogP contribution in [0.2, 0.25) is 0 Å². The topological polar surface area (TPSA) is 22.0 Å². The number of carbonyl (C=O) groups excluding carboxylic acids is 1. The molecule has 1 aliphatic rings. The van der Waals surface area contributed by atoms with Crippen LogP contribution in [0.5, 0.6) is 0 Å². The highest BCUT2D eigenvalue weighted by Gasteiger charge is 2.21. The second kappa shape index (κ2) is 4.41. The summed E-state index contributed by atoms with van der Waals surface area (Å²) in [4.78, 5) is 12.0. The molecule has 0 saturated heterocycles. The number of thioether (sulfide) groups is 1. The van der Waals surface area contributed by atoms with E-state index >= 15 is 0 Å². The minimum atomic E-state index is 0.583. The Labute approximate surface area is 105 Å². The first-order valence-corrected chi connectivity index (χ1v) is 6.58. The van der Waals surface area contributed by atoms with Crippen LogP contribution < -0.4 is 0 Å². The summed E-state index contributed by atoms with van der Waals surface area (Å²) in [5, 5.41) is 0.583. The third-order valence-electron chi connectivity index (χ3n) is 3.04. The molecule has 0 spiro atoms. The Balaban J connectivity index is 1.71. The standard InChI is InChI=1S/C14H13NOS/c16-10-11-5-6-15(8-11)9-13-7-12-3-1-2-4-14(12)17-13/h1-6,8,10,13H,7,9H2. The Bertz CT molecular complexity index is 522. The largest absolute Gasteiger partial charge is 0.352 e. The molecule has 0 aliphatic carbocycles. The van der Waals surface area contributed by atoms with Crippen molar-refractivity contribution in [3.63, 3.8) is 0 Å². The molecule has 1 unspecified atom stereocenters. The number of aromatic nitrogens is 1. The summed E-state index contributed by atoms with van der Waals surface area (Å²) in [5.41, 5.74) is 2.20. The van der Waals surface area contributed by atoms with E-state index in [1.807, 2.05) is 30.2 Å². The number of aldehydes is 1. The van der Waals surface area contributed by atoms with Gasteiger partial charge in [0.1, 0.15) is 0 Å². The van der Waals surface area contributed by atoms with Crippen LogP contribution in [-0.2, 0) is 13.0 Å². The molecule has 0 bridgehead atoms. The van der Waals surface area contributed by atoms with Crippen molar-refractivity contribution >= 4 is 18.0 Å². The van der Waals surface area contributed by atoms with Crippen molar-refractivity contribution in [3.05, 3.63) is 53.9 Å². The van der Waals surface area contributed by atoms with Gasteiger partial charge in [0.2, 0.25) is 0 Å². The highest BCUT2D eigenvalue weighted by Crippen LogP contribution is 2.37. The molecular weight excluding hydrogens is 230 g/mol. The maximum atomic E-state index is 10.6. The first kappa shape index (κ1) is 10.7. The molecule has 1 atom stereocenters. The van der Waals surface area contributed by atoms with Gasteiger partial charge in [0, 0.05) is 34.6 Å². The van der Waals surface area contributed by atoms with Crippen LogP contribution in [0.4, 0.5) is 0 Å².